The summed E-state index contributed by atoms with van der Waals surface area (Å²) >= 11 is 0. The van der Waals surface area contributed by atoms with E-state index in [1.54, 1.807) is 0 Å². The highest BCUT2D eigenvalue weighted by molar-refractivity contribution is 5.88. The number of imidazole rings is 1. The van der Waals surface area contributed by atoms with Crippen molar-refractivity contribution < 1.29 is 9.90 Å². The Morgan fingerprint density at radius 3 is 2.62 bits per heavy atom. The summed E-state index contributed by atoms with van der Waals surface area (Å²) in [5.41, 5.74) is 5.33. The van der Waals surface area contributed by atoms with Crippen LogP contribution in [0.1, 0.15) is 40.3 Å². The van der Waals surface area contributed by atoms with E-state index in [1.807, 2.05) is 4.57 Å². The van der Waals surface area contributed by atoms with Crippen molar-refractivity contribution in [2.75, 3.05) is 20.1 Å². The second-order valence-corrected chi connectivity index (χ2v) is 6.61. The van der Waals surface area contributed by atoms with Crippen molar-refractivity contribution in [1.82, 2.24) is 14.5 Å². The third-order valence-corrected chi connectivity index (χ3v) is 5.13. The topological polar surface area (TPSA) is 58.4 Å². The molecule has 5 nitrogen and oxygen atoms in total. The molecule has 3 heterocycles. The molecule has 4 rings (SSSR count). The van der Waals surface area contributed by atoms with Gasteiger partial charge in [-0.3, -0.25) is 0 Å². The zero-order valence-corrected chi connectivity index (χ0v) is 13.8. The lowest BCUT2D eigenvalue weighted by Gasteiger charge is -2.26. The van der Waals surface area contributed by atoms with Crippen LogP contribution in [0.2, 0.25) is 0 Å². The zero-order chi connectivity index (χ0) is 16.7. The van der Waals surface area contributed by atoms with Crippen LogP contribution in [-0.2, 0) is 13.0 Å². The van der Waals surface area contributed by atoms with E-state index in [-0.39, 0.29) is 5.69 Å². The van der Waals surface area contributed by atoms with Gasteiger partial charge in [-0.1, -0.05) is 29.8 Å². The summed E-state index contributed by atoms with van der Waals surface area (Å²) in [4.78, 5) is 18.4. The van der Waals surface area contributed by atoms with E-state index in [1.165, 1.54) is 22.9 Å². The van der Waals surface area contributed by atoms with Crippen molar-refractivity contribution in [3.8, 4) is 0 Å². The Labute approximate surface area is 141 Å². The Hall–Kier alpha value is -2.40. The Morgan fingerprint density at radius 1 is 1.12 bits per heavy atom. The van der Waals surface area contributed by atoms with Crippen LogP contribution >= 0.6 is 0 Å². The number of carboxylic acid groups (broad SMARTS) is 1. The van der Waals surface area contributed by atoms with Crippen molar-refractivity contribution in [1.29, 1.82) is 0 Å². The molecule has 0 radical (unpaired) electrons. The number of carboxylic acids is 1. The lowest BCUT2D eigenvalue weighted by Crippen LogP contribution is -2.27. The third kappa shape index (κ3) is 2.45. The Bertz CT molecular complexity index is 825. The molecule has 0 unspecified atom stereocenters. The fourth-order valence-corrected chi connectivity index (χ4v) is 3.79. The first-order chi connectivity index (χ1) is 11.6. The molecule has 2 aliphatic rings. The number of likely N-dealkylation sites (tertiary alicyclic amines) is 1. The number of benzene rings is 1. The van der Waals surface area contributed by atoms with Gasteiger partial charge in [0.2, 0.25) is 0 Å². The largest absolute Gasteiger partial charge is 0.477 e. The van der Waals surface area contributed by atoms with Crippen LogP contribution in [0.4, 0.5) is 0 Å². The Balaban J connectivity index is 1.94. The van der Waals surface area contributed by atoms with Gasteiger partial charge in [0.05, 0.1) is 6.20 Å². The normalized spacial score (nSPS) is 18.0. The summed E-state index contributed by atoms with van der Waals surface area (Å²) in [6.45, 7) is 2.73. The first-order valence-corrected chi connectivity index (χ1v) is 8.43. The fourth-order valence-electron chi connectivity index (χ4n) is 3.79. The minimum atomic E-state index is -0.910. The number of aromatic carboxylic acids is 1. The Kier molecular flexibility index (Phi) is 3.73. The molecule has 0 amide bonds. The molecule has 1 aromatic carbocycles. The van der Waals surface area contributed by atoms with Crippen LogP contribution in [0.3, 0.4) is 0 Å². The van der Waals surface area contributed by atoms with E-state index in [9.17, 15) is 9.90 Å². The van der Waals surface area contributed by atoms with E-state index in [4.69, 9.17) is 0 Å². The molecule has 0 bridgehead atoms. The molecule has 124 valence electrons. The molecule has 2 aliphatic heterocycles. The number of fused-ring (bicyclic) bond motifs is 2. The van der Waals surface area contributed by atoms with Crippen LogP contribution in [0.15, 0.2) is 36.0 Å². The molecule has 1 N–H and O–H groups in total. The predicted molar refractivity (Wildman–Crippen MR) is 92.1 cm³/mol. The molecule has 2 aromatic rings. The van der Waals surface area contributed by atoms with Crippen LogP contribution in [0.25, 0.3) is 5.57 Å². The van der Waals surface area contributed by atoms with Crippen molar-refractivity contribution in [3.63, 3.8) is 0 Å². The fraction of sp³-hybridized carbons (Fsp3) is 0.368. The van der Waals surface area contributed by atoms with Crippen molar-refractivity contribution >= 4 is 11.5 Å². The average molecular weight is 323 g/mol. The van der Waals surface area contributed by atoms with Gasteiger partial charge in [0.1, 0.15) is 11.5 Å². The summed E-state index contributed by atoms with van der Waals surface area (Å²) < 4.78 is 1.88. The molecule has 24 heavy (non-hydrogen) atoms. The smallest absolute Gasteiger partial charge is 0.354 e. The van der Waals surface area contributed by atoms with Gasteiger partial charge in [0, 0.05) is 25.2 Å². The minimum absolute atomic E-state index is 0.281. The van der Waals surface area contributed by atoms with Gasteiger partial charge in [-0.2, -0.15) is 0 Å². The molecule has 1 aromatic heterocycles. The van der Waals surface area contributed by atoms with Crippen LogP contribution < -0.4 is 0 Å². The SMILES string of the molecule is CN1CCC(=C2c3ccccc3CCn3c(C(=O)O)cnc32)CC1. The van der Waals surface area contributed by atoms with Crippen molar-refractivity contribution in [2.24, 2.45) is 0 Å². The monoisotopic (exact) mass is 323 g/mol. The van der Waals surface area contributed by atoms with Crippen LogP contribution in [0, 0.1) is 0 Å². The summed E-state index contributed by atoms with van der Waals surface area (Å²) in [6.07, 6.45) is 4.35. The number of carbonyl (C=O) groups is 1. The summed E-state index contributed by atoms with van der Waals surface area (Å²) in [5.74, 6) is -0.0932. The number of hydrogen-bond donors (Lipinski definition) is 1. The predicted octanol–water partition coefficient (Wildman–Crippen LogP) is 2.66. The first kappa shape index (κ1) is 15.1. The summed E-state index contributed by atoms with van der Waals surface area (Å²) in [6, 6.07) is 8.42. The van der Waals surface area contributed by atoms with E-state index in [0.29, 0.717) is 6.54 Å². The number of nitrogens with zero attached hydrogens (tertiary/aromatic N) is 3. The molecule has 0 spiro atoms. The van der Waals surface area contributed by atoms with E-state index in [0.717, 1.165) is 43.7 Å². The highest BCUT2D eigenvalue weighted by atomic mass is 16.4. The molecule has 0 atom stereocenters. The van der Waals surface area contributed by atoms with Crippen molar-refractivity contribution in [3.05, 3.63) is 58.7 Å². The van der Waals surface area contributed by atoms with Gasteiger partial charge in [-0.15, -0.1) is 0 Å². The van der Waals surface area contributed by atoms with Gasteiger partial charge in [-0.25, -0.2) is 9.78 Å². The molecule has 0 aliphatic carbocycles. The number of rotatable bonds is 1. The Morgan fingerprint density at radius 2 is 1.88 bits per heavy atom. The van der Waals surface area contributed by atoms with Crippen molar-refractivity contribution in [2.45, 2.75) is 25.8 Å². The van der Waals surface area contributed by atoms with Gasteiger partial charge in [0.15, 0.2) is 0 Å². The lowest BCUT2D eigenvalue weighted by molar-refractivity contribution is 0.0685. The van der Waals surface area contributed by atoms with Gasteiger partial charge >= 0.3 is 5.97 Å². The number of aromatic nitrogens is 2. The second kappa shape index (κ2) is 5.91. The third-order valence-electron chi connectivity index (χ3n) is 5.13. The molecular weight excluding hydrogens is 302 g/mol. The lowest BCUT2D eigenvalue weighted by atomic mass is 9.90. The van der Waals surface area contributed by atoms with Gasteiger partial charge in [-0.05, 0) is 37.4 Å². The highest BCUT2D eigenvalue weighted by Crippen LogP contribution is 2.36. The quantitative estimate of drug-likeness (QED) is 0.876. The standard InChI is InChI=1S/C19H21N3O2/c1-21-9-6-14(7-10-21)17-15-5-3-2-4-13(15)8-11-22-16(19(23)24)12-20-18(17)22/h2-5,12H,6-11H2,1H3,(H,23,24). The van der Waals surface area contributed by atoms with E-state index in [2.05, 4.69) is 41.2 Å². The zero-order valence-electron chi connectivity index (χ0n) is 13.8. The molecule has 5 heteroatoms. The molecule has 1 saturated heterocycles. The van der Waals surface area contributed by atoms with Crippen LogP contribution in [-0.4, -0.2) is 45.7 Å². The number of aryl methyl sites for hydroxylation is 1. The molecule has 1 fully saturated rings. The highest BCUT2D eigenvalue weighted by Gasteiger charge is 2.27. The average Bonchev–Trinajstić information content (AvgIpc) is 2.93. The summed E-state index contributed by atoms with van der Waals surface area (Å²) in [5, 5.41) is 9.49. The number of piperidine rings is 1. The van der Waals surface area contributed by atoms with Crippen LogP contribution in [0.5, 0.6) is 0 Å². The maximum absolute atomic E-state index is 11.6. The first-order valence-electron chi connectivity index (χ1n) is 8.43. The second-order valence-electron chi connectivity index (χ2n) is 6.61. The van der Waals surface area contributed by atoms with E-state index >= 15 is 0 Å². The van der Waals surface area contributed by atoms with Gasteiger partial charge in [0.25, 0.3) is 0 Å². The van der Waals surface area contributed by atoms with E-state index < -0.39 is 5.97 Å². The maximum Gasteiger partial charge on any atom is 0.354 e. The molecular formula is C19H21N3O2. The summed E-state index contributed by atoms with van der Waals surface area (Å²) in [7, 11) is 2.14. The molecule has 0 saturated carbocycles. The van der Waals surface area contributed by atoms with Gasteiger partial charge < -0.3 is 14.6 Å². The minimum Gasteiger partial charge on any atom is -0.477 e. The number of hydrogen-bond acceptors (Lipinski definition) is 3. The maximum atomic E-state index is 11.6.